The van der Waals surface area contributed by atoms with Crippen molar-refractivity contribution in [3.8, 4) is 90.3 Å². The average Bonchev–Trinajstić information content (AvgIpc) is 3.82. The molecule has 5 nitrogen and oxygen atoms in total. The van der Waals surface area contributed by atoms with Gasteiger partial charge in [-0.2, -0.15) is 0 Å². The van der Waals surface area contributed by atoms with Gasteiger partial charge in [-0.15, -0.1) is 0 Å². The minimum Gasteiger partial charge on any atom is -0.228 e. The smallest absolute Gasteiger partial charge is 0.164 e. The van der Waals surface area contributed by atoms with E-state index in [0.29, 0.717) is 23.3 Å². The highest BCUT2D eigenvalue weighted by Gasteiger charge is 2.54. The molecule has 0 unspecified atom stereocenters. The van der Waals surface area contributed by atoms with E-state index in [0.717, 1.165) is 61.5 Å². The van der Waals surface area contributed by atoms with Crippen molar-refractivity contribution >= 4 is 0 Å². The first-order chi connectivity index (χ1) is 30.2. The van der Waals surface area contributed by atoms with Crippen molar-refractivity contribution in [2.45, 2.75) is 5.41 Å². The number of rotatable bonds is 6. The Labute approximate surface area is 353 Å². The Kier molecular flexibility index (Phi) is 8.00. The molecule has 1 spiro atoms. The van der Waals surface area contributed by atoms with Crippen LogP contribution in [0.5, 0.6) is 0 Å². The summed E-state index contributed by atoms with van der Waals surface area (Å²) in [4.78, 5) is 25.7. The summed E-state index contributed by atoms with van der Waals surface area (Å²) in [6, 6.07) is 74.3. The fourth-order valence-corrected chi connectivity index (χ4v) is 9.45. The van der Waals surface area contributed by atoms with Crippen LogP contribution >= 0.6 is 0 Å². The van der Waals surface area contributed by atoms with Crippen LogP contribution in [0.1, 0.15) is 22.3 Å². The van der Waals surface area contributed by atoms with Gasteiger partial charge < -0.3 is 0 Å². The summed E-state index contributed by atoms with van der Waals surface area (Å²) in [5.41, 5.74) is 16.9. The topological polar surface area (TPSA) is 64.5 Å². The summed E-state index contributed by atoms with van der Waals surface area (Å²) in [6.45, 7) is 0. The molecule has 0 N–H and O–H groups in total. The number of hydrogen-bond donors (Lipinski definition) is 0. The monoisotopic (exact) mass is 777 g/mol. The van der Waals surface area contributed by atoms with Gasteiger partial charge in [-0.25, -0.2) is 24.9 Å². The SMILES string of the molecule is c1ccc(-c2nc(-c3ccccc3)nc(-c3ccc(-c4ccc(-c5nc(-c6ccccc6)nc6c5C5(c7ccccc7-c7ccccc75)c5ccccc5-6)cc4)cc3)n2)cc1. The van der Waals surface area contributed by atoms with Crippen LogP contribution in [0.4, 0.5) is 0 Å². The predicted octanol–water partition coefficient (Wildman–Crippen LogP) is 13.0. The van der Waals surface area contributed by atoms with Crippen molar-refractivity contribution in [1.29, 1.82) is 0 Å². The molecule has 10 aromatic rings. The molecule has 5 heteroatoms. The molecule has 0 saturated heterocycles. The van der Waals surface area contributed by atoms with Crippen LogP contribution in [0.2, 0.25) is 0 Å². The molecular formula is C56H35N5. The van der Waals surface area contributed by atoms with Crippen LogP contribution in [0, 0.1) is 0 Å². The van der Waals surface area contributed by atoms with Crippen molar-refractivity contribution in [2.75, 3.05) is 0 Å². The Morgan fingerprint density at radius 2 is 0.541 bits per heavy atom. The number of aromatic nitrogens is 5. The van der Waals surface area contributed by atoms with Crippen LogP contribution < -0.4 is 0 Å². The normalized spacial score (nSPS) is 12.7. The fourth-order valence-electron chi connectivity index (χ4n) is 9.45. The number of fused-ring (bicyclic) bond motifs is 10. The zero-order valence-corrected chi connectivity index (χ0v) is 32.9. The van der Waals surface area contributed by atoms with Gasteiger partial charge in [-0.3, -0.25) is 0 Å². The molecule has 0 fully saturated rings. The van der Waals surface area contributed by atoms with Gasteiger partial charge in [0.05, 0.1) is 16.8 Å². The van der Waals surface area contributed by atoms with Crippen molar-refractivity contribution in [3.63, 3.8) is 0 Å². The molecule has 0 saturated carbocycles. The molecule has 0 atom stereocenters. The van der Waals surface area contributed by atoms with E-state index in [1.807, 2.05) is 66.7 Å². The van der Waals surface area contributed by atoms with E-state index in [-0.39, 0.29) is 0 Å². The molecule has 0 aliphatic heterocycles. The van der Waals surface area contributed by atoms with Crippen LogP contribution in [0.3, 0.4) is 0 Å². The molecule has 2 aliphatic rings. The molecule has 2 aromatic heterocycles. The van der Waals surface area contributed by atoms with Gasteiger partial charge >= 0.3 is 0 Å². The molecule has 0 amide bonds. The third kappa shape index (κ3) is 5.52. The van der Waals surface area contributed by atoms with Gasteiger partial charge in [0.2, 0.25) is 0 Å². The van der Waals surface area contributed by atoms with Crippen molar-refractivity contribution in [1.82, 2.24) is 24.9 Å². The van der Waals surface area contributed by atoms with Crippen LogP contribution in [0.15, 0.2) is 212 Å². The maximum absolute atomic E-state index is 5.51. The number of hydrogen-bond acceptors (Lipinski definition) is 5. The zero-order chi connectivity index (χ0) is 40.3. The Hall–Kier alpha value is -8.15. The van der Waals surface area contributed by atoms with Crippen LogP contribution in [-0.2, 0) is 5.41 Å². The van der Waals surface area contributed by atoms with Crippen molar-refractivity contribution in [2.24, 2.45) is 0 Å². The quantitative estimate of drug-likeness (QED) is 0.168. The highest BCUT2D eigenvalue weighted by molar-refractivity contribution is 5.97. The summed E-state index contributed by atoms with van der Waals surface area (Å²) >= 11 is 0. The molecule has 61 heavy (non-hydrogen) atoms. The maximum Gasteiger partial charge on any atom is 0.164 e. The lowest BCUT2D eigenvalue weighted by Gasteiger charge is -2.31. The fraction of sp³-hybridized carbons (Fsp3) is 0.0179. The van der Waals surface area contributed by atoms with Gasteiger partial charge in [0.25, 0.3) is 0 Å². The molecule has 2 heterocycles. The Morgan fingerprint density at radius 3 is 1.00 bits per heavy atom. The second kappa shape index (κ2) is 14.0. The predicted molar refractivity (Wildman–Crippen MR) is 244 cm³/mol. The van der Waals surface area contributed by atoms with E-state index in [4.69, 9.17) is 24.9 Å². The Morgan fingerprint density at radius 1 is 0.230 bits per heavy atom. The highest BCUT2D eigenvalue weighted by atomic mass is 15.0. The second-order valence-corrected chi connectivity index (χ2v) is 15.6. The summed E-state index contributed by atoms with van der Waals surface area (Å²) in [6.07, 6.45) is 0. The third-order valence-corrected chi connectivity index (χ3v) is 12.2. The van der Waals surface area contributed by atoms with E-state index < -0.39 is 5.41 Å². The lowest BCUT2D eigenvalue weighted by molar-refractivity contribution is 0.788. The van der Waals surface area contributed by atoms with E-state index in [1.165, 1.54) is 27.8 Å². The van der Waals surface area contributed by atoms with Crippen molar-refractivity contribution in [3.05, 3.63) is 235 Å². The maximum atomic E-state index is 5.51. The highest BCUT2D eigenvalue weighted by Crippen LogP contribution is 2.64. The summed E-state index contributed by atoms with van der Waals surface area (Å²) in [5.74, 6) is 2.63. The van der Waals surface area contributed by atoms with E-state index in [2.05, 4.69) is 146 Å². The first-order valence-electron chi connectivity index (χ1n) is 20.6. The summed E-state index contributed by atoms with van der Waals surface area (Å²) < 4.78 is 0. The van der Waals surface area contributed by atoms with E-state index >= 15 is 0 Å². The van der Waals surface area contributed by atoms with Crippen molar-refractivity contribution < 1.29 is 0 Å². The van der Waals surface area contributed by atoms with Crippen LogP contribution in [0.25, 0.3) is 90.3 Å². The number of nitrogens with zero attached hydrogens (tertiary/aromatic N) is 5. The molecular weight excluding hydrogens is 743 g/mol. The minimum absolute atomic E-state index is 0.575. The molecule has 8 aromatic carbocycles. The third-order valence-electron chi connectivity index (χ3n) is 12.2. The molecule has 12 rings (SSSR count). The van der Waals surface area contributed by atoms with Gasteiger partial charge in [-0.05, 0) is 38.9 Å². The largest absolute Gasteiger partial charge is 0.228 e. The average molecular weight is 778 g/mol. The summed E-state index contributed by atoms with van der Waals surface area (Å²) in [5, 5.41) is 0. The lowest BCUT2D eigenvalue weighted by Crippen LogP contribution is -2.27. The van der Waals surface area contributed by atoms with Crippen LogP contribution in [-0.4, -0.2) is 24.9 Å². The molecule has 284 valence electrons. The first kappa shape index (κ1) is 34.9. The Bertz CT molecular complexity index is 3170. The van der Waals surface area contributed by atoms with Gasteiger partial charge in [0.15, 0.2) is 23.3 Å². The standard InChI is InChI=1S/C56H35N5/c1-4-16-39(17-5-1)52-57-50(49-51(58-52)45-24-12-15-27-48(45)56(49)46-25-13-10-22-43(46)44-23-11-14-26-47(44)56)38-32-28-36(29-33-38)37-30-34-42(35-31-37)55-60-53(40-18-6-2-7-19-40)59-54(61-55)41-20-8-3-9-21-41/h1-35H. The first-order valence-corrected chi connectivity index (χ1v) is 20.6. The Balaban J connectivity index is 0.983. The van der Waals surface area contributed by atoms with E-state index in [9.17, 15) is 0 Å². The van der Waals surface area contributed by atoms with Gasteiger partial charge in [-0.1, -0.05) is 212 Å². The van der Waals surface area contributed by atoms with E-state index in [1.54, 1.807) is 0 Å². The lowest BCUT2D eigenvalue weighted by atomic mass is 9.69. The molecule has 0 bridgehead atoms. The molecule has 2 aliphatic carbocycles. The van der Waals surface area contributed by atoms with Gasteiger partial charge in [0, 0.05) is 38.9 Å². The number of benzene rings is 8. The molecule has 0 radical (unpaired) electrons. The second-order valence-electron chi connectivity index (χ2n) is 15.6. The zero-order valence-electron chi connectivity index (χ0n) is 32.9. The minimum atomic E-state index is -0.575. The van der Waals surface area contributed by atoms with Gasteiger partial charge in [0.1, 0.15) is 0 Å². The summed E-state index contributed by atoms with van der Waals surface area (Å²) in [7, 11) is 0.